The van der Waals surface area contributed by atoms with Gasteiger partial charge in [0.15, 0.2) is 0 Å². The molecule has 0 aliphatic heterocycles. The van der Waals surface area contributed by atoms with E-state index in [0.29, 0.717) is 0 Å². The van der Waals surface area contributed by atoms with Crippen molar-refractivity contribution in [2.75, 3.05) is 0 Å². The highest BCUT2D eigenvalue weighted by atomic mass is 35.5. The Balaban J connectivity index is 1.39. The molecule has 1 heterocycles. The Kier molecular flexibility index (Phi) is 18.3. The highest BCUT2D eigenvalue weighted by Crippen LogP contribution is 2.39. The molecule has 0 atom stereocenters. The Morgan fingerprint density at radius 2 is 0.881 bits per heavy atom. The second-order valence-electron chi connectivity index (χ2n) is 12.6. The number of unbranched alkanes of at least 4 members (excludes halogenated alkanes) is 18. The van der Waals surface area contributed by atoms with E-state index in [1.165, 1.54) is 163 Å². The topological polar surface area (TPSA) is 0 Å². The number of aryl methyl sites for hydroxylation is 2. The maximum atomic E-state index is 6.87. The average Bonchev–Trinajstić information content (AvgIpc) is 3.49. The van der Waals surface area contributed by atoms with Crippen LogP contribution < -0.4 is 0 Å². The fourth-order valence-electron chi connectivity index (χ4n) is 6.15. The lowest BCUT2D eigenvalue weighted by atomic mass is 9.96. The molecule has 3 aromatic rings. The van der Waals surface area contributed by atoms with Crippen molar-refractivity contribution >= 4 is 22.9 Å². The lowest BCUT2D eigenvalue weighted by Gasteiger charge is -2.10. The minimum Gasteiger partial charge on any atom is -0.151 e. The molecule has 0 unspecified atom stereocenters. The highest BCUT2D eigenvalue weighted by molar-refractivity contribution is 7.08. The zero-order valence-electron chi connectivity index (χ0n) is 27.0. The van der Waals surface area contributed by atoms with Crippen LogP contribution in [0.15, 0.2) is 53.2 Å². The van der Waals surface area contributed by atoms with Crippen LogP contribution in [0.3, 0.4) is 0 Å². The normalized spacial score (nSPS) is 11.4. The van der Waals surface area contributed by atoms with Crippen LogP contribution in [0.5, 0.6) is 0 Å². The Hall–Kier alpha value is -1.57. The minimum atomic E-state index is 0.886. The quantitative estimate of drug-likeness (QED) is 0.0889. The van der Waals surface area contributed by atoms with Crippen molar-refractivity contribution in [3.8, 4) is 22.3 Å². The molecular formula is C40H59ClS. The third-order valence-corrected chi connectivity index (χ3v) is 9.94. The molecule has 2 aromatic carbocycles. The molecule has 0 aliphatic rings. The van der Waals surface area contributed by atoms with Gasteiger partial charge in [-0.15, -0.1) is 0 Å². The van der Waals surface area contributed by atoms with Gasteiger partial charge in [-0.05, 0) is 59.2 Å². The first-order valence-corrected chi connectivity index (χ1v) is 19.0. The SMILES string of the molecule is CCCCCCCCCCCCc1ccc(-c2cscc2-c2ccc(CCCCCCCCCCCC)cc2Cl)cc1. The van der Waals surface area contributed by atoms with E-state index in [4.69, 9.17) is 11.6 Å². The Morgan fingerprint density at radius 3 is 1.38 bits per heavy atom. The first-order valence-electron chi connectivity index (χ1n) is 17.7. The monoisotopic (exact) mass is 606 g/mol. The minimum absolute atomic E-state index is 0.886. The van der Waals surface area contributed by atoms with Crippen molar-refractivity contribution in [3.05, 3.63) is 69.4 Å². The predicted molar refractivity (Wildman–Crippen MR) is 191 cm³/mol. The van der Waals surface area contributed by atoms with Crippen LogP contribution in [0.4, 0.5) is 0 Å². The fraction of sp³-hybridized carbons (Fsp3) is 0.600. The zero-order valence-corrected chi connectivity index (χ0v) is 28.6. The zero-order chi connectivity index (χ0) is 29.7. The number of rotatable bonds is 24. The Bertz CT molecular complexity index is 1080. The molecule has 0 spiro atoms. The molecule has 0 amide bonds. The third kappa shape index (κ3) is 13.4. The van der Waals surface area contributed by atoms with E-state index in [9.17, 15) is 0 Å². The van der Waals surface area contributed by atoms with Crippen LogP contribution in [0, 0.1) is 0 Å². The molecular weight excluding hydrogens is 548 g/mol. The summed E-state index contributed by atoms with van der Waals surface area (Å²) in [5.41, 5.74) is 7.85. The summed E-state index contributed by atoms with van der Waals surface area (Å²) in [6.07, 6.45) is 30.1. The lowest BCUT2D eigenvalue weighted by Crippen LogP contribution is -1.89. The second-order valence-corrected chi connectivity index (χ2v) is 13.7. The van der Waals surface area contributed by atoms with Crippen LogP contribution in [0.2, 0.25) is 5.02 Å². The van der Waals surface area contributed by atoms with Gasteiger partial charge in [-0.3, -0.25) is 0 Å². The van der Waals surface area contributed by atoms with Gasteiger partial charge < -0.3 is 0 Å². The number of hydrogen-bond acceptors (Lipinski definition) is 1. The largest absolute Gasteiger partial charge is 0.151 e. The Labute approximate surface area is 268 Å². The lowest BCUT2D eigenvalue weighted by molar-refractivity contribution is 0.556. The smallest absolute Gasteiger partial charge is 0.0487 e. The molecule has 3 rings (SSSR count). The molecule has 0 saturated heterocycles. The van der Waals surface area contributed by atoms with Crippen LogP contribution in [-0.2, 0) is 12.8 Å². The summed E-state index contributed by atoms with van der Waals surface area (Å²) in [6, 6.07) is 16.0. The summed E-state index contributed by atoms with van der Waals surface area (Å²) in [7, 11) is 0. The standard InChI is InChI=1S/C40H59ClS/c1-3-5-7-9-11-13-15-17-19-21-23-34-25-28-36(29-26-34)38-32-42-33-39(38)37-30-27-35(31-40(37)41)24-22-20-18-16-14-12-10-8-6-4-2/h25-33H,3-24H2,1-2H3. The molecule has 0 nitrogen and oxygen atoms in total. The maximum Gasteiger partial charge on any atom is 0.0487 e. The summed E-state index contributed by atoms with van der Waals surface area (Å²) in [4.78, 5) is 0. The van der Waals surface area contributed by atoms with Crippen molar-refractivity contribution in [3.63, 3.8) is 0 Å². The summed E-state index contributed by atoms with van der Waals surface area (Å²) in [6.45, 7) is 4.58. The van der Waals surface area contributed by atoms with Crippen LogP contribution in [-0.4, -0.2) is 0 Å². The van der Waals surface area contributed by atoms with Crippen molar-refractivity contribution in [2.45, 2.75) is 155 Å². The van der Waals surface area contributed by atoms with E-state index in [1.54, 1.807) is 11.3 Å². The van der Waals surface area contributed by atoms with E-state index < -0.39 is 0 Å². The predicted octanol–water partition coefficient (Wildman–Crippen LogP) is 14.7. The molecule has 0 aliphatic carbocycles. The van der Waals surface area contributed by atoms with Crippen molar-refractivity contribution in [1.29, 1.82) is 0 Å². The van der Waals surface area contributed by atoms with Gasteiger partial charge in [0.2, 0.25) is 0 Å². The molecule has 232 valence electrons. The van der Waals surface area contributed by atoms with Gasteiger partial charge in [0.05, 0.1) is 0 Å². The van der Waals surface area contributed by atoms with Gasteiger partial charge in [0, 0.05) is 21.7 Å². The number of thiophene rings is 1. The van der Waals surface area contributed by atoms with E-state index in [2.05, 4.69) is 67.1 Å². The molecule has 0 saturated carbocycles. The van der Waals surface area contributed by atoms with Crippen molar-refractivity contribution in [2.24, 2.45) is 0 Å². The summed E-state index contributed by atoms with van der Waals surface area (Å²) in [5, 5.41) is 5.42. The van der Waals surface area contributed by atoms with Crippen molar-refractivity contribution < 1.29 is 0 Å². The number of halogens is 1. The van der Waals surface area contributed by atoms with Gasteiger partial charge in [-0.2, -0.15) is 11.3 Å². The van der Waals surface area contributed by atoms with Gasteiger partial charge in [-0.25, -0.2) is 0 Å². The van der Waals surface area contributed by atoms with Crippen LogP contribution in [0.1, 0.15) is 153 Å². The second kappa shape index (κ2) is 22.0. The summed E-state index contributed by atoms with van der Waals surface area (Å²) < 4.78 is 0. The molecule has 2 heteroatoms. The number of benzene rings is 2. The van der Waals surface area contributed by atoms with Crippen molar-refractivity contribution in [1.82, 2.24) is 0 Å². The molecule has 0 N–H and O–H groups in total. The molecule has 1 aromatic heterocycles. The van der Waals surface area contributed by atoms with E-state index in [-0.39, 0.29) is 0 Å². The van der Waals surface area contributed by atoms with Gasteiger partial charge in [-0.1, -0.05) is 177 Å². The molecule has 0 bridgehead atoms. The Morgan fingerprint density at radius 1 is 0.452 bits per heavy atom. The van der Waals surface area contributed by atoms with Crippen LogP contribution >= 0.6 is 22.9 Å². The van der Waals surface area contributed by atoms with Gasteiger partial charge >= 0.3 is 0 Å². The summed E-state index contributed by atoms with van der Waals surface area (Å²) in [5.74, 6) is 0. The fourth-order valence-corrected chi connectivity index (χ4v) is 7.31. The highest BCUT2D eigenvalue weighted by Gasteiger charge is 2.12. The van der Waals surface area contributed by atoms with E-state index >= 15 is 0 Å². The van der Waals surface area contributed by atoms with E-state index in [0.717, 1.165) is 17.0 Å². The maximum absolute atomic E-state index is 6.87. The van der Waals surface area contributed by atoms with E-state index in [1.807, 2.05) is 0 Å². The first kappa shape index (κ1) is 34.9. The molecule has 0 radical (unpaired) electrons. The molecule has 42 heavy (non-hydrogen) atoms. The van der Waals surface area contributed by atoms with Crippen LogP contribution in [0.25, 0.3) is 22.3 Å². The van der Waals surface area contributed by atoms with Gasteiger partial charge in [0.25, 0.3) is 0 Å². The number of hydrogen-bond donors (Lipinski definition) is 0. The van der Waals surface area contributed by atoms with Gasteiger partial charge in [0.1, 0.15) is 0 Å². The average molecular weight is 607 g/mol. The molecule has 0 fully saturated rings. The first-order chi connectivity index (χ1) is 20.7. The third-order valence-electron chi connectivity index (χ3n) is 8.89. The summed E-state index contributed by atoms with van der Waals surface area (Å²) >= 11 is 8.65.